The Labute approximate surface area is 185 Å². The average Bonchev–Trinajstić information content (AvgIpc) is 2.80. The smallest absolute Gasteiger partial charge is 0.409 e. The van der Waals surface area contributed by atoms with Crippen LogP contribution in [-0.4, -0.2) is 67.0 Å². The van der Waals surface area contributed by atoms with Crippen molar-refractivity contribution in [3.05, 3.63) is 29.8 Å². The monoisotopic (exact) mass is 446 g/mol. The highest BCUT2D eigenvalue weighted by Gasteiger charge is 2.26. The third-order valence-corrected chi connectivity index (χ3v) is 5.13. The fourth-order valence-electron chi connectivity index (χ4n) is 3.44. The molecule has 0 radical (unpaired) electrons. The predicted molar refractivity (Wildman–Crippen MR) is 111 cm³/mol. The van der Waals surface area contributed by atoms with Crippen LogP contribution in [0.2, 0.25) is 0 Å². The van der Waals surface area contributed by atoms with E-state index in [4.69, 9.17) is 9.47 Å². The normalized spacial score (nSPS) is 16.9. The molecule has 0 unspecified atom stereocenters. The molecule has 2 N–H and O–H groups in total. The van der Waals surface area contributed by atoms with Gasteiger partial charge in [-0.15, -0.1) is 0 Å². The molecule has 0 bridgehead atoms. The van der Waals surface area contributed by atoms with Crippen molar-refractivity contribution >= 4 is 35.5 Å². The van der Waals surface area contributed by atoms with Gasteiger partial charge in [0, 0.05) is 32.0 Å². The minimum absolute atomic E-state index is 0.108. The Morgan fingerprint density at radius 2 is 1.75 bits per heavy atom. The number of hydrazine groups is 1. The van der Waals surface area contributed by atoms with E-state index in [1.165, 1.54) is 24.3 Å². The third kappa shape index (κ3) is 5.96. The second-order valence-corrected chi connectivity index (χ2v) is 7.41. The van der Waals surface area contributed by atoms with E-state index in [2.05, 4.69) is 10.7 Å². The van der Waals surface area contributed by atoms with Gasteiger partial charge in [0.2, 0.25) is 11.8 Å². The molecule has 2 aliphatic rings. The summed E-state index contributed by atoms with van der Waals surface area (Å²) in [7, 11) is 0. The van der Waals surface area contributed by atoms with Crippen LogP contribution in [0, 0.1) is 0 Å². The van der Waals surface area contributed by atoms with Gasteiger partial charge in [0.05, 0.1) is 17.9 Å². The van der Waals surface area contributed by atoms with Crippen molar-refractivity contribution in [3.8, 4) is 0 Å². The number of anilines is 1. The Morgan fingerprint density at radius 1 is 1.06 bits per heavy atom. The molecule has 0 aliphatic carbocycles. The van der Waals surface area contributed by atoms with Gasteiger partial charge in [-0.3, -0.25) is 19.8 Å². The maximum atomic E-state index is 12.2. The minimum atomic E-state index is -0.683. The summed E-state index contributed by atoms with van der Waals surface area (Å²) in [5.41, 5.74) is 3.10. The predicted octanol–water partition coefficient (Wildman–Crippen LogP) is 0.739. The van der Waals surface area contributed by atoms with E-state index >= 15 is 0 Å². The largest absolute Gasteiger partial charge is 0.452 e. The molecule has 172 valence electrons. The number of hydrogen-bond acceptors (Lipinski definition) is 7. The Balaban J connectivity index is 1.42. The molecular weight excluding hydrogens is 420 g/mol. The highest BCUT2D eigenvalue weighted by atomic mass is 16.6. The first-order valence-corrected chi connectivity index (χ1v) is 10.5. The quantitative estimate of drug-likeness (QED) is 0.616. The molecule has 0 spiro atoms. The Kier molecular flexibility index (Phi) is 7.63. The van der Waals surface area contributed by atoms with Crippen molar-refractivity contribution in [2.45, 2.75) is 38.6 Å². The van der Waals surface area contributed by atoms with Crippen LogP contribution in [0.5, 0.6) is 0 Å². The van der Waals surface area contributed by atoms with Crippen LogP contribution in [0.15, 0.2) is 24.3 Å². The van der Waals surface area contributed by atoms with E-state index in [0.29, 0.717) is 38.2 Å². The van der Waals surface area contributed by atoms with E-state index in [1.54, 1.807) is 11.8 Å². The van der Waals surface area contributed by atoms with Gasteiger partial charge in [-0.2, -0.15) is 0 Å². The van der Waals surface area contributed by atoms with Gasteiger partial charge in [0.1, 0.15) is 0 Å². The zero-order valence-corrected chi connectivity index (χ0v) is 17.8. The summed E-state index contributed by atoms with van der Waals surface area (Å²) in [6, 6.07) is 5.82. The highest BCUT2D eigenvalue weighted by molar-refractivity contribution is 6.01. The lowest BCUT2D eigenvalue weighted by Gasteiger charge is -2.31. The van der Waals surface area contributed by atoms with E-state index in [1.807, 2.05) is 0 Å². The van der Waals surface area contributed by atoms with E-state index in [0.717, 1.165) is 5.01 Å². The molecule has 2 heterocycles. The summed E-state index contributed by atoms with van der Waals surface area (Å²) in [6.07, 6.45) is 1.08. The van der Waals surface area contributed by atoms with Crippen LogP contribution in [0.4, 0.5) is 10.5 Å². The molecular formula is C21H26N4O7. The lowest BCUT2D eigenvalue weighted by Crippen LogP contribution is -2.50. The minimum Gasteiger partial charge on any atom is -0.452 e. The van der Waals surface area contributed by atoms with Crippen LogP contribution in [-0.2, 0) is 23.9 Å². The number of benzene rings is 1. The Bertz CT molecular complexity index is 879. The molecule has 1 aromatic carbocycles. The number of carbonyl (C=O) groups excluding carboxylic acids is 5. The molecule has 4 amide bonds. The topological polar surface area (TPSA) is 134 Å². The summed E-state index contributed by atoms with van der Waals surface area (Å²) < 4.78 is 10.0. The Hall–Kier alpha value is -3.63. The standard InChI is InChI=1S/C21H26N4O7/c1-2-31-21(30)24-11-9-15(10-12-24)22-18(27)13-32-20(29)14-3-5-16(6-4-14)25-19(28)8-7-17(26)23-25/h3-6,15H,2,7-13H2,1H3,(H,22,27)(H,23,26). The Morgan fingerprint density at radius 3 is 2.41 bits per heavy atom. The van der Waals surface area contributed by atoms with Crippen molar-refractivity contribution in [3.63, 3.8) is 0 Å². The third-order valence-electron chi connectivity index (χ3n) is 5.13. The summed E-state index contributed by atoms with van der Waals surface area (Å²) in [5, 5.41) is 3.94. The SMILES string of the molecule is CCOC(=O)N1CCC(NC(=O)COC(=O)c2ccc(N3NC(=O)CCC3=O)cc2)CC1. The number of nitrogens with zero attached hydrogens (tertiary/aromatic N) is 2. The zero-order chi connectivity index (χ0) is 23.1. The van der Waals surface area contributed by atoms with Gasteiger partial charge in [-0.05, 0) is 44.0 Å². The number of esters is 1. The number of piperidine rings is 1. The highest BCUT2D eigenvalue weighted by Crippen LogP contribution is 2.18. The molecule has 1 aromatic rings. The van der Waals surface area contributed by atoms with E-state index in [-0.39, 0.29) is 42.4 Å². The summed E-state index contributed by atoms with van der Waals surface area (Å²) in [4.78, 5) is 61.0. The van der Waals surface area contributed by atoms with Crippen molar-refractivity contribution in [1.82, 2.24) is 15.6 Å². The second-order valence-electron chi connectivity index (χ2n) is 7.41. The van der Waals surface area contributed by atoms with E-state index in [9.17, 15) is 24.0 Å². The summed E-state index contributed by atoms with van der Waals surface area (Å²) in [6.45, 7) is 2.59. The van der Waals surface area contributed by atoms with E-state index < -0.39 is 18.5 Å². The lowest BCUT2D eigenvalue weighted by atomic mass is 10.1. The number of rotatable bonds is 6. The van der Waals surface area contributed by atoms with Gasteiger partial charge in [-0.1, -0.05) is 0 Å². The van der Waals surface area contributed by atoms with Crippen LogP contribution < -0.4 is 15.8 Å². The van der Waals surface area contributed by atoms with Crippen molar-refractivity contribution in [2.75, 3.05) is 31.3 Å². The molecule has 32 heavy (non-hydrogen) atoms. The molecule has 11 nitrogen and oxygen atoms in total. The molecule has 0 aromatic heterocycles. The molecule has 2 fully saturated rings. The molecule has 3 rings (SSSR count). The van der Waals surface area contributed by atoms with Crippen LogP contribution >= 0.6 is 0 Å². The molecule has 0 atom stereocenters. The number of hydrogen-bond donors (Lipinski definition) is 2. The van der Waals surface area contributed by atoms with Gasteiger partial charge in [0.25, 0.3) is 5.91 Å². The summed E-state index contributed by atoms with van der Waals surface area (Å²) >= 11 is 0. The van der Waals surface area contributed by atoms with Crippen molar-refractivity contribution in [1.29, 1.82) is 0 Å². The van der Waals surface area contributed by atoms with Gasteiger partial charge >= 0.3 is 12.1 Å². The first kappa shape index (κ1) is 23.0. The fraction of sp³-hybridized carbons (Fsp3) is 0.476. The van der Waals surface area contributed by atoms with Gasteiger partial charge in [0.15, 0.2) is 6.61 Å². The second kappa shape index (κ2) is 10.6. The molecule has 11 heteroatoms. The number of carbonyl (C=O) groups is 5. The number of amides is 4. The van der Waals surface area contributed by atoms with Gasteiger partial charge in [-0.25, -0.2) is 14.6 Å². The maximum absolute atomic E-state index is 12.2. The van der Waals surface area contributed by atoms with Crippen LogP contribution in [0.25, 0.3) is 0 Å². The zero-order valence-electron chi connectivity index (χ0n) is 17.8. The first-order chi connectivity index (χ1) is 15.4. The first-order valence-electron chi connectivity index (χ1n) is 10.5. The fourth-order valence-corrected chi connectivity index (χ4v) is 3.44. The maximum Gasteiger partial charge on any atom is 0.409 e. The van der Waals surface area contributed by atoms with Crippen LogP contribution in [0.1, 0.15) is 43.0 Å². The number of nitrogens with one attached hydrogen (secondary N) is 2. The average molecular weight is 446 g/mol. The molecule has 2 saturated heterocycles. The molecule has 2 aliphatic heterocycles. The molecule has 0 saturated carbocycles. The van der Waals surface area contributed by atoms with Crippen LogP contribution in [0.3, 0.4) is 0 Å². The van der Waals surface area contributed by atoms with Crippen molar-refractivity contribution in [2.24, 2.45) is 0 Å². The summed E-state index contributed by atoms with van der Waals surface area (Å²) in [5.74, 6) is -1.61. The number of likely N-dealkylation sites (tertiary alicyclic amines) is 1. The van der Waals surface area contributed by atoms with Gasteiger partial charge < -0.3 is 19.7 Å². The number of ether oxygens (including phenoxy) is 2. The van der Waals surface area contributed by atoms with Crippen molar-refractivity contribution < 1.29 is 33.4 Å². The lowest BCUT2D eigenvalue weighted by molar-refractivity contribution is -0.130.